The lowest BCUT2D eigenvalue weighted by Crippen LogP contribution is -2.46. The third-order valence-corrected chi connectivity index (χ3v) is 6.16. The van der Waals surface area contributed by atoms with Crippen LogP contribution in [0.4, 0.5) is 0 Å². The SMILES string of the molecule is CS(=O)C(CCC(=O)CC(=O)O)(c1ccccc1)C1COC(C)(C)O1. The average molecular weight is 368 g/mol. The van der Waals surface area contributed by atoms with E-state index in [1.54, 1.807) is 20.1 Å². The maximum atomic E-state index is 12.8. The molecule has 25 heavy (non-hydrogen) atoms. The molecule has 1 saturated heterocycles. The van der Waals surface area contributed by atoms with Crippen LogP contribution in [0.5, 0.6) is 0 Å². The third-order valence-electron chi connectivity index (χ3n) is 4.43. The molecule has 3 unspecified atom stereocenters. The first-order valence-electron chi connectivity index (χ1n) is 8.12. The number of benzene rings is 1. The molecule has 0 amide bonds. The summed E-state index contributed by atoms with van der Waals surface area (Å²) in [7, 11) is -1.37. The van der Waals surface area contributed by atoms with Crippen LogP contribution in [0.15, 0.2) is 30.3 Å². The molecule has 6 nitrogen and oxygen atoms in total. The van der Waals surface area contributed by atoms with Crippen molar-refractivity contribution in [2.24, 2.45) is 0 Å². The van der Waals surface area contributed by atoms with Crippen molar-refractivity contribution in [3.63, 3.8) is 0 Å². The summed E-state index contributed by atoms with van der Waals surface area (Å²) in [5.74, 6) is -2.35. The van der Waals surface area contributed by atoms with Crippen molar-refractivity contribution in [2.75, 3.05) is 12.9 Å². The fraction of sp³-hybridized carbons (Fsp3) is 0.556. The van der Waals surface area contributed by atoms with Gasteiger partial charge in [-0.2, -0.15) is 0 Å². The molecule has 1 aromatic rings. The van der Waals surface area contributed by atoms with E-state index in [2.05, 4.69) is 0 Å². The number of ether oxygens (including phenoxy) is 2. The Bertz CT molecular complexity index is 657. The van der Waals surface area contributed by atoms with Crippen LogP contribution in [-0.2, 0) is 34.6 Å². The Morgan fingerprint density at radius 1 is 1.32 bits per heavy atom. The van der Waals surface area contributed by atoms with Gasteiger partial charge in [0.05, 0.1) is 11.4 Å². The maximum absolute atomic E-state index is 12.8. The summed E-state index contributed by atoms with van der Waals surface area (Å²) in [4.78, 5) is 22.7. The van der Waals surface area contributed by atoms with Crippen LogP contribution in [-0.4, -0.2) is 45.8 Å². The zero-order valence-electron chi connectivity index (χ0n) is 14.7. The van der Waals surface area contributed by atoms with E-state index in [1.165, 1.54) is 0 Å². The minimum Gasteiger partial charge on any atom is -0.481 e. The van der Waals surface area contributed by atoms with Gasteiger partial charge >= 0.3 is 5.97 Å². The summed E-state index contributed by atoms with van der Waals surface area (Å²) < 4.78 is 23.6. The molecule has 1 fully saturated rings. The molecule has 2 rings (SSSR count). The first kappa shape index (κ1) is 19.8. The number of carboxylic acids is 1. The van der Waals surface area contributed by atoms with Gasteiger partial charge in [-0.3, -0.25) is 13.8 Å². The van der Waals surface area contributed by atoms with Gasteiger partial charge in [0.25, 0.3) is 0 Å². The highest BCUT2D eigenvalue weighted by molar-refractivity contribution is 7.85. The second-order valence-electron chi connectivity index (χ2n) is 6.64. The minimum absolute atomic E-state index is 0.0149. The number of hydrogen-bond donors (Lipinski definition) is 1. The van der Waals surface area contributed by atoms with Crippen molar-refractivity contribution >= 4 is 22.6 Å². The molecule has 0 aromatic heterocycles. The molecule has 0 bridgehead atoms. The molecule has 1 aromatic carbocycles. The van der Waals surface area contributed by atoms with Gasteiger partial charge in [-0.25, -0.2) is 0 Å². The maximum Gasteiger partial charge on any atom is 0.310 e. The van der Waals surface area contributed by atoms with E-state index in [9.17, 15) is 13.8 Å². The van der Waals surface area contributed by atoms with Crippen LogP contribution in [0, 0.1) is 0 Å². The first-order chi connectivity index (χ1) is 11.7. The molecule has 0 radical (unpaired) electrons. The predicted molar refractivity (Wildman–Crippen MR) is 93.6 cm³/mol. The fourth-order valence-corrected chi connectivity index (χ4v) is 4.55. The Morgan fingerprint density at radius 3 is 2.44 bits per heavy atom. The van der Waals surface area contributed by atoms with Gasteiger partial charge in [-0.1, -0.05) is 30.3 Å². The Kier molecular flexibility index (Phi) is 6.13. The molecule has 1 heterocycles. The van der Waals surface area contributed by atoms with Crippen molar-refractivity contribution in [1.29, 1.82) is 0 Å². The quantitative estimate of drug-likeness (QED) is 0.708. The van der Waals surface area contributed by atoms with E-state index in [0.29, 0.717) is 0 Å². The van der Waals surface area contributed by atoms with E-state index >= 15 is 0 Å². The summed E-state index contributed by atoms with van der Waals surface area (Å²) in [6, 6.07) is 9.27. The van der Waals surface area contributed by atoms with Gasteiger partial charge in [-0.15, -0.1) is 0 Å². The topological polar surface area (TPSA) is 89.9 Å². The zero-order chi connectivity index (χ0) is 18.7. The second kappa shape index (κ2) is 7.76. The van der Waals surface area contributed by atoms with Gasteiger partial charge in [0.2, 0.25) is 0 Å². The molecule has 3 atom stereocenters. The molecular formula is C18H24O6S. The predicted octanol–water partition coefficient (Wildman–Crippen LogP) is 2.24. The molecular weight excluding hydrogens is 344 g/mol. The monoisotopic (exact) mass is 368 g/mol. The normalized spacial score (nSPS) is 22.9. The number of carbonyl (C=O) groups excluding carboxylic acids is 1. The van der Waals surface area contributed by atoms with Crippen molar-refractivity contribution in [1.82, 2.24) is 0 Å². The molecule has 7 heteroatoms. The van der Waals surface area contributed by atoms with Gasteiger partial charge in [0.15, 0.2) is 5.79 Å². The van der Waals surface area contributed by atoms with E-state index in [4.69, 9.17) is 14.6 Å². The molecule has 0 spiro atoms. The van der Waals surface area contributed by atoms with Crippen molar-refractivity contribution < 1.29 is 28.4 Å². The lowest BCUT2D eigenvalue weighted by Gasteiger charge is -2.37. The first-order valence-corrected chi connectivity index (χ1v) is 9.67. The molecule has 1 aliphatic heterocycles. The van der Waals surface area contributed by atoms with Gasteiger partial charge in [0, 0.05) is 23.5 Å². The number of rotatable bonds is 8. The molecule has 0 aliphatic carbocycles. The standard InChI is InChI=1S/C18H24O6S/c1-17(2)23-12-15(24-17)18(25(3)22,13-7-5-4-6-8-13)10-9-14(19)11-16(20)21/h4-8,15H,9-12H2,1-3H3,(H,20,21). The summed E-state index contributed by atoms with van der Waals surface area (Å²) in [5.41, 5.74) is 0.797. The Balaban J connectivity index is 2.37. The minimum atomic E-state index is -1.37. The van der Waals surface area contributed by atoms with Crippen molar-refractivity contribution in [2.45, 2.75) is 49.7 Å². The van der Waals surface area contributed by atoms with E-state index < -0.39 is 45.6 Å². The average Bonchev–Trinajstić information content (AvgIpc) is 2.88. The van der Waals surface area contributed by atoms with Crippen LogP contribution < -0.4 is 0 Å². The fourth-order valence-electron chi connectivity index (χ4n) is 3.21. The summed E-state index contributed by atoms with van der Waals surface area (Å²) in [6.07, 6.45) is 0.809. The van der Waals surface area contributed by atoms with Crippen LogP contribution in [0.25, 0.3) is 0 Å². The number of carbonyl (C=O) groups is 2. The zero-order valence-corrected chi connectivity index (χ0v) is 15.5. The highest BCUT2D eigenvalue weighted by Gasteiger charge is 2.50. The second-order valence-corrected chi connectivity index (χ2v) is 8.27. The number of aliphatic carboxylic acids is 1. The largest absolute Gasteiger partial charge is 0.481 e. The highest BCUT2D eigenvalue weighted by atomic mass is 32.2. The smallest absolute Gasteiger partial charge is 0.310 e. The van der Waals surface area contributed by atoms with E-state index in [-0.39, 0.29) is 19.4 Å². The Labute approximate surface area is 150 Å². The highest BCUT2D eigenvalue weighted by Crippen LogP contribution is 2.42. The van der Waals surface area contributed by atoms with Crippen molar-refractivity contribution in [3.8, 4) is 0 Å². The van der Waals surface area contributed by atoms with Crippen molar-refractivity contribution in [3.05, 3.63) is 35.9 Å². The summed E-state index contributed by atoms with van der Waals surface area (Å²) >= 11 is 0. The van der Waals surface area contributed by atoms with E-state index in [0.717, 1.165) is 5.56 Å². The summed E-state index contributed by atoms with van der Waals surface area (Å²) in [6.45, 7) is 3.84. The molecule has 138 valence electrons. The summed E-state index contributed by atoms with van der Waals surface area (Å²) in [5, 5.41) is 8.79. The van der Waals surface area contributed by atoms with Crippen LogP contribution >= 0.6 is 0 Å². The third kappa shape index (κ3) is 4.54. The van der Waals surface area contributed by atoms with Gasteiger partial charge in [-0.05, 0) is 25.8 Å². The van der Waals surface area contributed by atoms with Crippen LogP contribution in [0.3, 0.4) is 0 Å². The van der Waals surface area contributed by atoms with Gasteiger partial charge < -0.3 is 14.6 Å². The molecule has 1 N–H and O–H groups in total. The van der Waals surface area contributed by atoms with Gasteiger partial charge in [0.1, 0.15) is 18.3 Å². The molecule has 0 saturated carbocycles. The van der Waals surface area contributed by atoms with Crippen LogP contribution in [0.1, 0.15) is 38.7 Å². The Morgan fingerprint density at radius 2 is 1.96 bits per heavy atom. The van der Waals surface area contributed by atoms with E-state index in [1.807, 2.05) is 30.3 Å². The molecule has 1 aliphatic rings. The number of Topliss-reactive ketones (excluding diaryl/α,β-unsaturated/α-hetero) is 1. The van der Waals surface area contributed by atoms with Crippen LogP contribution in [0.2, 0.25) is 0 Å². The number of ketones is 1. The Hall–Kier alpha value is -1.57. The lowest BCUT2D eigenvalue weighted by atomic mass is 9.87. The number of hydrogen-bond acceptors (Lipinski definition) is 5. The number of carboxylic acid groups (broad SMARTS) is 1. The lowest BCUT2D eigenvalue weighted by molar-refractivity contribution is -0.143.